The molecular weight excluding hydrogens is 243 g/mol. The van der Waals surface area contributed by atoms with Crippen LogP contribution in [0.2, 0.25) is 0 Å². The molecule has 4 heteroatoms. The lowest BCUT2D eigenvalue weighted by Gasteiger charge is -2.57. The number of amides is 1. The molecule has 0 unspecified atom stereocenters. The van der Waals surface area contributed by atoms with Crippen molar-refractivity contribution >= 4 is 5.91 Å². The van der Waals surface area contributed by atoms with Crippen molar-refractivity contribution in [3.63, 3.8) is 0 Å². The fourth-order valence-electron chi connectivity index (χ4n) is 3.54. The number of hydrogen-bond acceptors (Lipinski definition) is 2. The normalized spacial score (nSPS) is 32.5. The van der Waals surface area contributed by atoms with Gasteiger partial charge in [-0.1, -0.05) is 12.1 Å². The summed E-state index contributed by atoms with van der Waals surface area (Å²) in [6, 6.07) is 6.76. The minimum atomic E-state index is -0.272. The summed E-state index contributed by atoms with van der Waals surface area (Å²) in [4.78, 5) is 11.9. The van der Waals surface area contributed by atoms with Crippen molar-refractivity contribution < 1.29 is 9.18 Å². The zero-order chi connectivity index (χ0) is 13.5. The number of carbonyl (C=O) groups is 1. The van der Waals surface area contributed by atoms with E-state index < -0.39 is 0 Å². The molecule has 2 aliphatic carbocycles. The molecule has 3 nitrogen and oxygen atoms in total. The highest BCUT2D eigenvalue weighted by atomic mass is 19.1. The van der Waals surface area contributed by atoms with Gasteiger partial charge < -0.3 is 11.1 Å². The first-order valence-electron chi connectivity index (χ1n) is 6.84. The highest BCUT2D eigenvalue weighted by Gasteiger charge is 2.51. The summed E-state index contributed by atoms with van der Waals surface area (Å²) < 4.78 is 12.7. The molecule has 0 aliphatic heterocycles. The van der Waals surface area contributed by atoms with Crippen LogP contribution in [0.3, 0.4) is 0 Å². The van der Waals surface area contributed by atoms with Crippen molar-refractivity contribution in [1.29, 1.82) is 0 Å². The van der Waals surface area contributed by atoms with Crippen molar-refractivity contribution in [3.05, 3.63) is 35.6 Å². The number of nitrogens with one attached hydrogen (secondary N) is 1. The second-order valence-electron chi connectivity index (χ2n) is 6.14. The predicted molar refractivity (Wildman–Crippen MR) is 70.9 cm³/mol. The summed E-state index contributed by atoms with van der Waals surface area (Å²) in [5.41, 5.74) is 7.09. The van der Waals surface area contributed by atoms with Crippen LogP contribution < -0.4 is 11.1 Å². The van der Waals surface area contributed by atoms with Crippen molar-refractivity contribution in [2.45, 2.75) is 44.2 Å². The molecule has 0 radical (unpaired) electrons. The van der Waals surface area contributed by atoms with Gasteiger partial charge in [0.15, 0.2) is 0 Å². The molecule has 1 aromatic carbocycles. The van der Waals surface area contributed by atoms with Crippen molar-refractivity contribution in [2.24, 2.45) is 11.1 Å². The number of carbonyl (C=O) groups excluding carboxylic acids is 1. The van der Waals surface area contributed by atoms with Crippen molar-refractivity contribution in [2.75, 3.05) is 0 Å². The minimum absolute atomic E-state index is 0.0232. The van der Waals surface area contributed by atoms with E-state index in [1.807, 2.05) is 0 Å². The molecule has 2 saturated carbocycles. The number of rotatable bonds is 3. The van der Waals surface area contributed by atoms with Gasteiger partial charge in [-0.05, 0) is 48.8 Å². The standard InChI is InChI=1S/C15H19FN2O/c16-11-3-1-10(2-4-11)5-14(19)18-13-8-15(9-13)6-12(17)7-15/h1-4,12-13H,5-9,17H2,(H,18,19). The molecule has 3 rings (SSSR count). The van der Waals surface area contributed by atoms with Crippen LogP contribution >= 0.6 is 0 Å². The van der Waals surface area contributed by atoms with Crippen LogP contribution in [0, 0.1) is 11.2 Å². The summed E-state index contributed by atoms with van der Waals surface area (Å²) in [5.74, 6) is -0.249. The van der Waals surface area contributed by atoms with Gasteiger partial charge in [-0.15, -0.1) is 0 Å². The Morgan fingerprint density at radius 2 is 1.89 bits per heavy atom. The molecule has 1 amide bonds. The lowest BCUT2D eigenvalue weighted by atomic mass is 9.52. The zero-order valence-corrected chi connectivity index (χ0v) is 10.9. The minimum Gasteiger partial charge on any atom is -0.353 e. The van der Waals surface area contributed by atoms with Crippen LogP contribution in [0.15, 0.2) is 24.3 Å². The number of nitrogens with two attached hydrogens (primary N) is 1. The van der Waals surface area contributed by atoms with Gasteiger partial charge >= 0.3 is 0 Å². The highest BCUT2D eigenvalue weighted by Crippen LogP contribution is 2.55. The first-order valence-corrected chi connectivity index (χ1v) is 6.84. The molecule has 0 atom stereocenters. The average Bonchev–Trinajstić information content (AvgIpc) is 2.27. The average molecular weight is 262 g/mol. The summed E-state index contributed by atoms with van der Waals surface area (Å²) in [7, 11) is 0. The molecule has 2 aliphatic rings. The maximum Gasteiger partial charge on any atom is 0.224 e. The van der Waals surface area contributed by atoms with E-state index in [9.17, 15) is 9.18 Å². The SMILES string of the molecule is NC1CC2(C1)CC(NC(=O)Cc1ccc(F)cc1)C2. The second kappa shape index (κ2) is 4.60. The Balaban J connectivity index is 1.44. The van der Waals surface area contributed by atoms with Gasteiger partial charge in [0.05, 0.1) is 6.42 Å². The van der Waals surface area contributed by atoms with Crippen LogP contribution in [-0.4, -0.2) is 18.0 Å². The third-order valence-corrected chi connectivity index (χ3v) is 4.39. The Hall–Kier alpha value is -1.42. The molecule has 102 valence electrons. The molecule has 19 heavy (non-hydrogen) atoms. The van der Waals surface area contributed by atoms with E-state index in [2.05, 4.69) is 5.32 Å². The van der Waals surface area contributed by atoms with E-state index in [1.165, 1.54) is 12.1 Å². The Labute approximate surface area is 112 Å². The van der Waals surface area contributed by atoms with Crippen molar-refractivity contribution in [1.82, 2.24) is 5.32 Å². The van der Waals surface area contributed by atoms with Gasteiger partial charge in [0.1, 0.15) is 5.82 Å². The Bertz CT molecular complexity index is 471. The summed E-state index contributed by atoms with van der Waals surface area (Å²) in [6.45, 7) is 0. The Kier molecular flexibility index (Phi) is 3.05. The Morgan fingerprint density at radius 3 is 2.47 bits per heavy atom. The van der Waals surface area contributed by atoms with E-state index in [0.29, 0.717) is 23.9 Å². The van der Waals surface area contributed by atoms with Gasteiger partial charge in [0.25, 0.3) is 0 Å². The van der Waals surface area contributed by atoms with Crippen LogP contribution in [0.4, 0.5) is 4.39 Å². The van der Waals surface area contributed by atoms with Gasteiger partial charge in [-0.2, -0.15) is 0 Å². The molecule has 3 N–H and O–H groups in total. The monoisotopic (exact) mass is 262 g/mol. The topological polar surface area (TPSA) is 55.1 Å². The van der Waals surface area contributed by atoms with Crippen LogP contribution in [0.5, 0.6) is 0 Å². The lowest BCUT2D eigenvalue weighted by molar-refractivity contribution is -0.124. The molecule has 1 spiro atoms. The predicted octanol–water partition coefficient (Wildman–Crippen LogP) is 1.75. The molecule has 0 saturated heterocycles. The van der Waals surface area contributed by atoms with Gasteiger partial charge in [-0.25, -0.2) is 4.39 Å². The fraction of sp³-hybridized carbons (Fsp3) is 0.533. The van der Waals surface area contributed by atoms with E-state index in [0.717, 1.165) is 31.2 Å². The first-order chi connectivity index (χ1) is 9.05. The molecular formula is C15H19FN2O. The van der Waals surface area contributed by atoms with Gasteiger partial charge in [-0.3, -0.25) is 4.79 Å². The summed E-state index contributed by atoms with van der Waals surface area (Å²) in [6.07, 6.45) is 4.67. The van der Waals surface area contributed by atoms with Crippen LogP contribution in [0.25, 0.3) is 0 Å². The fourth-order valence-corrected chi connectivity index (χ4v) is 3.54. The summed E-state index contributed by atoms with van der Waals surface area (Å²) >= 11 is 0. The number of benzene rings is 1. The highest BCUT2D eigenvalue weighted by molar-refractivity contribution is 5.79. The van der Waals surface area contributed by atoms with E-state index in [4.69, 9.17) is 5.73 Å². The maximum absolute atomic E-state index is 12.7. The zero-order valence-electron chi connectivity index (χ0n) is 10.9. The number of halogens is 1. The first kappa shape index (κ1) is 12.6. The molecule has 0 bridgehead atoms. The third-order valence-electron chi connectivity index (χ3n) is 4.39. The molecule has 2 fully saturated rings. The molecule has 1 aromatic rings. The van der Waals surface area contributed by atoms with Crippen molar-refractivity contribution in [3.8, 4) is 0 Å². The van der Waals surface area contributed by atoms with E-state index >= 15 is 0 Å². The van der Waals surface area contributed by atoms with Gasteiger partial charge in [0.2, 0.25) is 5.91 Å². The quantitative estimate of drug-likeness (QED) is 0.872. The summed E-state index contributed by atoms with van der Waals surface area (Å²) in [5, 5.41) is 3.04. The van der Waals surface area contributed by atoms with E-state index in [1.54, 1.807) is 12.1 Å². The number of hydrogen-bond donors (Lipinski definition) is 2. The largest absolute Gasteiger partial charge is 0.353 e. The molecule has 0 heterocycles. The Morgan fingerprint density at radius 1 is 1.26 bits per heavy atom. The third kappa shape index (κ3) is 2.63. The second-order valence-corrected chi connectivity index (χ2v) is 6.14. The van der Waals surface area contributed by atoms with Gasteiger partial charge in [0, 0.05) is 12.1 Å². The van der Waals surface area contributed by atoms with Crippen LogP contribution in [0.1, 0.15) is 31.2 Å². The maximum atomic E-state index is 12.7. The molecule has 0 aromatic heterocycles. The lowest BCUT2D eigenvalue weighted by Crippen LogP contribution is -2.59. The smallest absolute Gasteiger partial charge is 0.224 e. The van der Waals surface area contributed by atoms with E-state index in [-0.39, 0.29) is 11.7 Å². The van der Waals surface area contributed by atoms with Crippen LogP contribution in [-0.2, 0) is 11.2 Å².